The van der Waals surface area contributed by atoms with Crippen LogP contribution in [-0.4, -0.2) is 45.4 Å². The van der Waals surface area contributed by atoms with Crippen LogP contribution >= 0.6 is 0 Å². The van der Waals surface area contributed by atoms with Crippen molar-refractivity contribution in [1.29, 1.82) is 5.41 Å². The zero-order chi connectivity index (χ0) is 20.6. The lowest BCUT2D eigenvalue weighted by atomic mass is 10.1. The number of carbonyl (C=O) groups excluding carboxylic acids is 1. The summed E-state index contributed by atoms with van der Waals surface area (Å²) in [6.07, 6.45) is 5.37. The summed E-state index contributed by atoms with van der Waals surface area (Å²) in [7, 11) is 0. The molecular weight excluding hydrogens is 370 g/mol. The van der Waals surface area contributed by atoms with Crippen molar-refractivity contribution in [3.8, 4) is 5.75 Å². The molecule has 2 heterocycles. The van der Waals surface area contributed by atoms with Gasteiger partial charge in [0, 0.05) is 48.0 Å². The number of nitrogens with one attached hydrogen (secondary N) is 3. The molecule has 1 aromatic carbocycles. The number of allylic oxidation sites excluding steroid dienone is 1. The van der Waals surface area contributed by atoms with E-state index < -0.39 is 0 Å². The van der Waals surface area contributed by atoms with Gasteiger partial charge in [-0.1, -0.05) is 0 Å². The largest absolute Gasteiger partial charge is 0.493 e. The van der Waals surface area contributed by atoms with E-state index in [-0.39, 0.29) is 5.91 Å². The second-order valence-electron chi connectivity index (χ2n) is 6.23. The summed E-state index contributed by atoms with van der Waals surface area (Å²) < 4.78 is 5.72. The van der Waals surface area contributed by atoms with Crippen LogP contribution in [-0.2, 0) is 6.42 Å². The average molecular weight is 393 g/mol. The highest BCUT2D eigenvalue weighted by molar-refractivity contribution is 6.08. The first-order valence-corrected chi connectivity index (χ1v) is 9.29. The number of nitrogens with two attached hydrogens (primary N) is 1. The normalized spacial score (nSPS) is 11.4. The first-order valence-electron chi connectivity index (χ1n) is 9.29. The van der Waals surface area contributed by atoms with E-state index in [1.54, 1.807) is 18.2 Å². The Morgan fingerprint density at radius 1 is 1.38 bits per heavy atom. The van der Waals surface area contributed by atoms with E-state index in [4.69, 9.17) is 15.9 Å². The van der Waals surface area contributed by atoms with Crippen LogP contribution in [0.25, 0.3) is 16.5 Å². The van der Waals surface area contributed by atoms with Crippen molar-refractivity contribution < 1.29 is 9.53 Å². The van der Waals surface area contributed by atoms with E-state index >= 15 is 0 Å². The van der Waals surface area contributed by atoms with Crippen LogP contribution in [0.4, 0.5) is 0 Å². The number of benzene rings is 1. The molecule has 150 valence electrons. The standard InChI is InChI=1S/C20H23N7O2/c1-2-29-18-9-16(14(10-21)11-22)26-17-8-13(5-6-15(17)18)20(28)23-7-3-4-19-24-12-25-27-19/h5-6,8-12,21H,2-4,7,22H2,1H3,(H,23,28)(H,24,25,27)/b14-11+,21-10?. The quantitative estimate of drug-likeness (QED) is 0.324. The SMILES string of the molecule is CCOc1cc(/C(C=N)=C/N)nc2cc(C(=O)NCCCc3ncn[nH]3)ccc12. The Labute approximate surface area is 167 Å². The Balaban J connectivity index is 1.79. The molecule has 0 saturated carbocycles. The van der Waals surface area contributed by atoms with Gasteiger partial charge in [-0.25, -0.2) is 9.97 Å². The maximum absolute atomic E-state index is 12.5. The molecule has 0 bridgehead atoms. The van der Waals surface area contributed by atoms with E-state index in [9.17, 15) is 4.79 Å². The number of pyridine rings is 1. The molecule has 0 spiro atoms. The van der Waals surface area contributed by atoms with Crippen molar-refractivity contribution in [3.05, 3.63) is 53.9 Å². The summed E-state index contributed by atoms with van der Waals surface area (Å²) in [6.45, 7) is 2.89. The van der Waals surface area contributed by atoms with Crippen molar-refractivity contribution in [2.75, 3.05) is 13.2 Å². The first kappa shape index (κ1) is 20.0. The van der Waals surface area contributed by atoms with Gasteiger partial charge in [-0.05, 0) is 31.5 Å². The molecule has 0 atom stereocenters. The summed E-state index contributed by atoms with van der Waals surface area (Å²) in [4.78, 5) is 21.1. The van der Waals surface area contributed by atoms with Gasteiger partial charge in [0.25, 0.3) is 5.91 Å². The van der Waals surface area contributed by atoms with E-state index in [1.165, 1.54) is 12.5 Å². The fourth-order valence-corrected chi connectivity index (χ4v) is 2.88. The number of nitrogens with zero attached hydrogens (tertiary/aromatic N) is 3. The zero-order valence-corrected chi connectivity index (χ0v) is 16.1. The van der Waals surface area contributed by atoms with Crippen LogP contribution in [0.2, 0.25) is 0 Å². The topological polar surface area (TPSA) is 143 Å². The van der Waals surface area contributed by atoms with Gasteiger partial charge in [-0.3, -0.25) is 9.89 Å². The van der Waals surface area contributed by atoms with Gasteiger partial charge >= 0.3 is 0 Å². The lowest BCUT2D eigenvalue weighted by molar-refractivity contribution is 0.0953. The molecule has 3 rings (SSSR count). The number of aryl methyl sites for hydroxylation is 1. The van der Waals surface area contributed by atoms with Crippen molar-refractivity contribution in [2.45, 2.75) is 19.8 Å². The van der Waals surface area contributed by atoms with Gasteiger partial charge in [0.05, 0.1) is 17.8 Å². The van der Waals surface area contributed by atoms with Gasteiger partial charge in [0.15, 0.2) is 0 Å². The second kappa shape index (κ2) is 9.45. The first-order chi connectivity index (χ1) is 14.2. The molecule has 1 amide bonds. The molecule has 5 N–H and O–H groups in total. The summed E-state index contributed by atoms with van der Waals surface area (Å²) in [5, 5.41) is 17.8. The Morgan fingerprint density at radius 2 is 2.24 bits per heavy atom. The molecule has 29 heavy (non-hydrogen) atoms. The number of aromatic amines is 1. The zero-order valence-electron chi connectivity index (χ0n) is 16.1. The van der Waals surface area contributed by atoms with E-state index in [0.717, 1.165) is 23.8 Å². The van der Waals surface area contributed by atoms with Crippen LogP contribution in [0.1, 0.15) is 35.2 Å². The number of carbonyl (C=O) groups is 1. The molecular formula is C20H23N7O2. The fourth-order valence-electron chi connectivity index (χ4n) is 2.88. The van der Waals surface area contributed by atoms with Gasteiger partial charge in [-0.15, -0.1) is 0 Å². The Hall–Kier alpha value is -3.75. The monoisotopic (exact) mass is 393 g/mol. The fraction of sp³-hybridized carbons (Fsp3) is 0.250. The number of H-pyrrole nitrogens is 1. The summed E-state index contributed by atoms with van der Waals surface area (Å²) in [6, 6.07) is 7.02. The highest BCUT2D eigenvalue weighted by atomic mass is 16.5. The maximum Gasteiger partial charge on any atom is 0.251 e. The van der Waals surface area contributed by atoms with E-state index in [2.05, 4.69) is 25.5 Å². The van der Waals surface area contributed by atoms with Gasteiger partial charge < -0.3 is 21.2 Å². The van der Waals surface area contributed by atoms with E-state index in [1.807, 2.05) is 13.0 Å². The summed E-state index contributed by atoms with van der Waals surface area (Å²) in [5.74, 6) is 1.24. The number of rotatable bonds is 9. The number of fused-ring (bicyclic) bond motifs is 1. The number of aromatic nitrogens is 4. The lowest BCUT2D eigenvalue weighted by Gasteiger charge is -2.12. The third-order valence-electron chi connectivity index (χ3n) is 4.31. The number of amides is 1. The molecule has 0 radical (unpaired) electrons. The summed E-state index contributed by atoms with van der Waals surface area (Å²) in [5.41, 5.74) is 7.68. The van der Waals surface area contributed by atoms with Gasteiger partial charge in [-0.2, -0.15) is 5.10 Å². The van der Waals surface area contributed by atoms with Crippen LogP contribution in [0, 0.1) is 5.41 Å². The molecule has 0 aliphatic heterocycles. The molecule has 3 aromatic rings. The average Bonchev–Trinajstić information content (AvgIpc) is 3.25. The third kappa shape index (κ3) is 4.75. The van der Waals surface area contributed by atoms with Crippen LogP contribution < -0.4 is 15.8 Å². The molecule has 2 aromatic heterocycles. The van der Waals surface area contributed by atoms with Crippen molar-refractivity contribution in [3.63, 3.8) is 0 Å². The van der Waals surface area contributed by atoms with Crippen molar-refractivity contribution >= 4 is 28.6 Å². The van der Waals surface area contributed by atoms with Crippen LogP contribution in [0.5, 0.6) is 5.75 Å². The van der Waals surface area contributed by atoms with Crippen LogP contribution in [0.15, 0.2) is 36.8 Å². The Morgan fingerprint density at radius 3 is 2.93 bits per heavy atom. The molecule has 0 fully saturated rings. The van der Waals surface area contributed by atoms with Crippen molar-refractivity contribution in [1.82, 2.24) is 25.5 Å². The Kier molecular flexibility index (Phi) is 6.51. The molecule has 0 aliphatic carbocycles. The number of ether oxygens (including phenoxy) is 1. The van der Waals surface area contributed by atoms with Gasteiger partial charge in [0.2, 0.25) is 0 Å². The third-order valence-corrected chi connectivity index (χ3v) is 4.31. The highest BCUT2D eigenvalue weighted by Gasteiger charge is 2.12. The minimum atomic E-state index is -0.184. The minimum Gasteiger partial charge on any atom is -0.493 e. The second-order valence-corrected chi connectivity index (χ2v) is 6.23. The number of hydrogen-bond acceptors (Lipinski definition) is 7. The van der Waals surface area contributed by atoms with Gasteiger partial charge in [0.1, 0.15) is 17.9 Å². The molecule has 9 heteroatoms. The molecule has 0 unspecified atom stereocenters. The molecule has 0 aliphatic rings. The smallest absolute Gasteiger partial charge is 0.251 e. The molecule has 0 saturated heterocycles. The summed E-state index contributed by atoms with van der Waals surface area (Å²) >= 11 is 0. The highest BCUT2D eigenvalue weighted by Crippen LogP contribution is 2.28. The van der Waals surface area contributed by atoms with Crippen LogP contribution in [0.3, 0.4) is 0 Å². The van der Waals surface area contributed by atoms with Crippen molar-refractivity contribution in [2.24, 2.45) is 5.73 Å². The van der Waals surface area contributed by atoms with E-state index in [0.29, 0.717) is 47.7 Å². The molecule has 9 nitrogen and oxygen atoms in total. The lowest BCUT2D eigenvalue weighted by Crippen LogP contribution is -2.24. The Bertz CT molecular complexity index is 1030. The number of hydrogen-bond donors (Lipinski definition) is 4. The predicted molar refractivity (Wildman–Crippen MR) is 111 cm³/mol. The predicted octanol–water partition coefficient (Wildman–Crippen LogP) is 2.06. The maximum atomic E-state index is 12.5. The minimum absolute atomic E-state index is 0.184.